The number of hydrogen-bond acceptors (Lipinski definition) is 4. The van der Waals surface area contributed by atoms with Crippen molar-refractivity contribution in [3.05, 3.63) is 71.8 Å². The first-order chi connectivity index (χ1) is 11.9. The second-order valence-electron chi connectivity index (χ2n) is 6.85. The molecule has 2 aromatic carbocycles. The van der Waals surface area contributed by atoms with Crippen molar-refractivity contribution in [1.29, 1.82) is 0 Å². The molecule has 1 aliphatic rings. The highest BCUT2D eigenvalue weighted by Gasteiger charge is 2.48. The summed E-state index contributed by atoms with van der Waals surface area (Å²) in [5.74, 6) is 0. The van der Waals surface area contributed by atoms with Gasteiger partial charge in [-0.3, -0.25) is 9.08 Å². The van der Waals surface area contributed by atoms with Gasteiger partial charge in [0, 0.05) is 13.1 Å². The van der Waals surface area contributed by atoms with Gasteiger partial charge in [-0.05, 0) is 17.5 Å². The van der Waals surface area contributed by atoms with Gasteiger partial charge in [-0.2, -0.15) is 8.42 Å². The number of nitrogens with zero attached hydrogens (tertiary/aromatic N) is 1. The van der Waals surface area contributed by atoms with Gasteiger partial charge in [0.2, 0.25) is 0 Å². The highest BCUT2D eigenvalue weighted by Crippen LogP contribution is 2.40. The molecule has 0 amide bonds. The lowest BCUT2D eigenvalue weighted by Gasteiger charge is -2.52. The van der Waals surface area contributed by atoms with E-state index in [0.717, 1.165) is 19.1 Å². The Kier molecular flexibility index (Phi) is 5.27. The molecule has 25 heavy (non-hydrogen) atoms. The van der Waals surface area contributed by atoms with E-state index in [4.69, 9.17) is 4.18 Å². The molecule has 0 saturated carbocycles. The van der Waals surface area contributed by atoms with Crippen molar-refractivity contribution in [2.75, 3.05) is 19.3 Å². The second-order valence-corrected chi connectivity index (χ2v) is 8.42. The molecule has 5 heteroatoms. The fourth-order valence-corrected chi connectivity index (χ4v) is 4.62. The van der Waals surface area contributed by atoms with Gasteiger partial charge < -0.3 is 0 Å². The van der Waals surface area contributed by atoms with Crippen LogP contribution in [0.5, 0.6) is 0 Å². The topological polar surface area (TPSA) is 46.6 Å². The average Bonchev–Trinajstić information content (AvgIpc) is 2.54. The minimum atomic E-state index is -3.47. The summed E-state index contributed by atoms with van der Waals surface area (Å²) in [6.45, 7) is 3.28. The predicted octanol–water partition coefficient (Wildman–Crippen LogP) is 3.61. The molecule has 0 radical (unpaired) electrons. The van der Waals surface area contributed by atoms with E-state index in [-0.39, 0.29) is 6.04 Å². The quantitative estimate of drug-likeness (QED) is 0.709. The van der Waals surface area contributed by atoms with Crippen molar-refractivity contribution in [2.45, 2.75) is 31.4 Å². The van der Waals surface area contributed by atoms with E-state index in [2.05, 4.69) is 36.1 Å². The molecule has 2 aromatic rings. The van der Waals surface area contributed by atoms with Crippen LogP contribution in [0.1, 0.15) is 36.9 Å². The Labute approximate surface area is 150 Å². The Balaban J connectivity index is 1.87. The fraction of sp³-hybridized carbons (Fsp3) is 0.400. The maximum Gasteiger partial charge on any atom is 0.265 e. The summed E-state index contributed by atoms with van der Waals surface area (Å²) in [7, 11) is -3.47. The molecule has 0 atom stereocenters. The van der Waals surface area contributed by atoms with Gasteiger partial charge in [-0.15, -0.1) is 0 Å². The van der Waals surface area contributed by atoms with E-state index < -0.39 is 15.7 Å². The Morgan fingerprint density at radius 1 is 1.00 bits per heavy atom. The summed E-state index contributed by atoms with van der Waals surface area (Å²) in [4.78, 5) is 2.30. The molecule has 4 nitrogen and oxygen atoms in total. The lowest BCUT2D eigenvalue weighted by molar-refractivity contribution is -0.0918. The highest BCUT2D eigenvalue weighted by molar-refractivity contribution is 7.86. The van der Waals surface area contributed by atoms with Crippen LogP contribution in [0.3, 0.4) is 0 Å². The molecule has 0 spiro atoms. The normalized spacial score (nSPS) is 17.4. The van der Waals surface area contributed by atoms with Crippen molar-refractivity contribution >= 4 is 10.1 Å². The van der Waals surface area contributed by atoms with Gasteiger partial charge >= 0.3 is 0 Å². The summed E-state index contributed by atoms with van der Waals surface area (Å²) >= 11 is 0. The van der Waals surface area contributed by atoms with Crippen LogP contribution in [0.4, 0.5) is 0 Å². The van der Waals surface area contributed by atoms with Crippen molar-refractivity contribution in [2.24, 2.45) is 0 Å². The maximum atomic E-state index is 11.7. The Hall–Kier alpha value is -1.69. The standard InChI is InChI=1S/C20H25NO3S/c1-3-14-20(24-25(2,22)23)15-21(16-20)19(17-10-6-4-7-11-17)18-12-8-5-9-13-18/h4-13,19H,3,14-16H2,1-2H3. The zero-order valence-corrected chi connectivity index (χ0v) is 15.6. The second kappa shape index (κ2) is 7.28. The Morgan fingerprint density at radius 3 is 1.88 bits per heavy atom. The summed E-state index contributed by atoms with van der Waals surface area (Å²) in [6.07, 6.45) is 2.77. The Morgan fingerprint density at radius 2 is 1.48 bits per heavy atom. The van der Waals surface area contributed by atoms with Gasteiger partial charge in [0.15, 0.2) is 0 Å². The lowest BCUT2D eigenvalue weighted by Crippen LogP contribution is -2.64. The number of hydrogen-bond donors (Lipinski definition) is 0. The first-order valence-corrected chi connectivity index (χ1v) is 10.5. The van der Waals surface area contributed by atoms with E-state index in [1.807, 2.05) is 36.4 Å². The largest absolute Gasteiger partial charge is 0.286 e. The van der Waals surface area contributed by atoms with Crippen LogP contribution in [0.15, 0.2) is 60.7 Å². The summed E-state index contributed by atoms with van der Waals surface area (Å²) in [5.41, 5.74) is 1.82. The lowest BCUT2D eigenvalue weighted by atomic mass is 9.84. The van der Waals surface area contributed by atoms with Gasteiger partial charge in [-0.25, -0.2) is 0 Å². The number of rotatable bonds is 7. The summed E-state index contributed by atoms with van der Waals surface area (Å²) < 4.78 is 28.9. The molecule has 3 rings (SSSR count). The fourth-order valence-electron chi connectivity index (χ4n) is 3.79. The smallest absolute Gasteiger partial charge is 0.265 e. The maximum absolute atomic E-state index is 11.7. The monoisotopic (exact) mass is 359 g/mol. The van der Waals surface area contributed by atoms with Crippen LogP contribution in [0, 0.1) is 0 Å². The van der Waals surface area contributed by atoms with Crippen molar-refractivity contribution in [1.82, 2.24) is 4.90 Å². The Bertz CT molecular complexity index is 745. The average molecular weight is 359 g/mol. The molecule has 0 aliphatic carbocycles. The third kappa shape index (κ3) is 4.29. The van der Waals surface area contributed by atoms with Crippen molar-refractivity contribution in [3.63, 3.8) is 0 Å². The predicted molar refractivity (Wildman–Crippen MR) is 99.9 cm³/mol. The summed E-state index contributed by atoms with van der Waals surface area (Å²) in [6, 6.07) is 20.8. The molecule has 0 N–H and O–H groups in total. The molecule has 0 aromatic heterocycles. The van der Waals surface area contributed by atoms with E-state index in [9.17, 15) is 8.42 Å². The van der Waals surface area contributed by atoms with E-state index in [0.29, 0.717) is 13.1 Å². The van der Waals surface area contributed by atoms with Gasteiger partial charge in [0.25, 0.3) is 10.1 Å². The zero-order valence-electron chi connectivity index (χ0n) is 14.8. The molecule has 1 fully saturated rings. The van der Waals surface area contributed by atoms with Crippen molar-refractivity contribution < 1.29 is 12.6 Å². The van der Waals surface area contributed by atoms with Gasteiger partial charge in [0.1, 0.15) is 5.60 Å². The zero-order chi connectivity index (χ0) is 17.9. The van der Waals surface area contributed by atoms with Crippen LogP contribution in [0.25, 0.3) is 0 Å². The molecular formula is C20H25NO3S. The van der Waals surface area contributed by atoms with Gasteiger partial charge in [0.05, 0.1) is 12.3 Å². The molecule has 134 valence electrons. The third-order valence-corrected chi connectivity index (χ3v) is 5.27. The first kappa shape index (κ1) is 18.1. The molecule has 1 aliphatic heterocycles. The SMILES string of the molecule is CCCC1(OS(C)(=O)=O)CN(C(c2ccccc2)c2ccccc2)C1. The van der Waals surface area contributed by atoms with Crippen LogP contribution in [-0.4, -0.2) is 38.3 Å². The van der Waals surface area contributed by atoms with Crippen LogP contribution in [-0.2, 0) is 14.3 Å². The van der Waals surface area contributed by atoms with E-state index in [1.165, 1.54) is 11.1 Å². The van der Waals surface area contributed by atoms with Crippen molar-refractivity contribution in [3.8, 4) is 0 Å². The van der Waals surface area contributed by atoms with Crippen LogP contribution in [0.2, 0.25) is 0 Å². The number of benzene rings is 2. The molecule has 1 heterocycles. The minimum Gasteiger partial charge on any atom is -0.286 e. The number of likely N-dealkylation sites (tertiary alicyclic amines) is 1. The molecular weight excluding hydrogens is 334 g/mol. The third-order valence-electron chi connectivity index (χ3n) is 4.61. The minimum absolute atomic E-state index is 0.107. The van der Waals surface area contributed by atoms with Crippen LogP contribution < -0.4 is 0 Å². The summed E-state index contributed by atoms with van der Waals surface area (Å²) in [5, 5.41) is 0. The molecule has 1 saturated heterocycles. The molecule has 0 unspecified atom stereocenters. The molecule has 0 bridgehead atoms. The van der Waals surface area contributed by atoms with E-state index >= 15 is 0 Å². The van der Waals surface area contributed by atoms with E-state index in [1.54, 1.807) is 0 Å². The highest BCUT2D eigenvalue weighted by atomic mass is 32.2. The van der Waals surface area contributed by atoms with Gasteiger partial charge in [-0.1, -0.05) is 74.0 Å². The van der Waals surface area contributed by atoms with Crippen LogP contribution >= 0.6 is 0 Å². The first-order valence-electron chi connectivity index (χ1n) is 8.67.